The summed E-state index contributed by atoms with van der Waals surface area (Å²) >= 11 is 0. The molecule has 6 rings (SSSR count). The molecule has 0 N–H and O–H groups in total. The summed E-state index contributed by atoms with van der Waals surface area (Å²) in [6, 6.07) is 33.4. The normalized spacial score (nSPS) is 14.8. The highest BCUT2D eigenvalue weighted by molar-refractivity contribution is 6.10. The van der Waals surface area contributed by atoms with E-state index in [2.05, 4.69) is 232 Å². The zero-order valence-electron chi connectivity index (χ0n) is 34.3. The van der Waals surface area contributed by atoms with Crippen LogP contribution >= 0.6 is 0 Å². The minimum atomic E-state index is 0.235. The first-order valence-electron chi connectivity index (χ1n) is 20.3. The fourth-order valence-electron chi connectivity index (χ4n) is 7.72. The fraction of sp³-hybridized carbons (Fsp3) is 0.164. The average Bonchev–Trinajstić information content (AvgIpc) is 3.35. The Labute approximate surface area is 341 Å². The molecule has 5 aromatic rings. The summed E-state index contributed by atoms with van der Waals surface area (Å²) in [5, 5.41) is 2.52. The molecule has 1 heterocycles. The smallest absolute Gasteiger partial charge is 0.0541 e. The first-order chi connectivity index (χ1) is 28.0. The average molecular weight is 745 g/mol. The minimum Gasteiger partial charge on any atom is -0.342 e. The zero-order chi connectivity index (χ0) is 40.0. The van der Waals surface area contributed by atoms with Crippen molar-refractivity contribution in [3.8, 4) is 5.69 Å². The summed E-state index contributed by atoms with van der Waals surface area (Å²) in [7, 11) is 0. The van der Waals surface area contributed by atoms with Gasteiger partial charge in [0, 0.05) is 40.3 Å². The molecule has 0 amide bonds. The van der Waals surface area contributed by atoms with E-state index in [0.717, 1.165) is 30.6 Å². The van der Waals surface area contributed by atoms with Crippen LogP contribution in [0, 0.1) is 0 Å². The largest absolute Gasteiger partial charge is 0.342 e. The van der Waals surface area contributed by atoms with Gasteiger partial charge in [-0.3, -0.25) is 0 Å². The molecular formula is C55H56N2. The molecule has 57 heavy (non-hydrogen) atoms. The number of para-hydroxylation sites is 2. The fourth-order valence-corrected chi connectivity index (χ4v) is 7.72. The Morgan fingerprint density at radius 1 is 0.807 bits per heavy atom. The predicted molar refractivity (Wildman–Crippen MR) is 252 cm³/mol. The van der Waals surface area contributed by atoms with Crippen LogP contribution < -0.4 is 4.90 Å². The number of rotatable bonds is 15. The van der Waals surface area contributed by atoms with Crippen molar-refractivity contribution in [1.82, 2.24) is 4.57 Å². The maximum Gasteiger partial charge on any atom is 0.0541 e. The van der Waals surface area contributed by atoms with Crippen molar-refractivity contribution in [1.29, 1.82) is 0 Å². The second-order valence-electron chi connectivity index (χ2n) is 14.2. The van der Waals surface area contributed by atoms with E-state index < -0.39 is 0 Å². The Hall–Kier alpha value is -6.38. The van der Waals surface area contributed by atoms with E-state index in [-0.39, 0.29) is 5.92 Å². The van der Waals surface area contributed by atoms with Crippen LogP contribution in [-0.4, -0.2) is 11.1 Å². The van der Waals surface area contributed by atoms with Crippen molar-refractivity contribution in [3.05, 3.63) is 229 Å². The molecule has 1 unspecified atom stereocenters. The SMILES string of the molecule is C=C/C=C(\C=C/C)c1ccc(-n2c3ccccc3c3cc(/C(=C/C)CC=CC(C)c4ccccc4N(CC)C(/C=C\C)=C/C=C/C4=CC=CC=CC4)ccc32)cc1. The number of hydrogen-bond acceptors (Lipinski definition) is 1. The van der Waals surface area contributed by atoms with Crippen LogP contribution in [0.1, 0.15) is 70.1 Å². The summed E-state index contributed by atoms with van der Waals surface area (Å²) in [5.74, 6) is 0.235. The van der Waals surface area contributed by atoms with E-state index in [1.165, 1.54) is 61.0 Å². The second kappa shape index (κ2) is 20.0. The van der Waals surface area contributed by atoms with Gasteiger partial charge < -0.3 is 9.47 Å². The standard InChI is InChI=1S/C55H56N2/c1-7-22-45(23-8-2)46-35-38-49(39-36-46)57-54-34-19-17-32-51(54)52-41-47(37-40-55(52)57)44(10-4)29-20-25-42(6)50-31-16-18-33-53(50)56(11-5)48(24-9-3)30-21-28-43-26-14-12-13-15-27-43/h7-10,12-26,28,30-42H,1,11,27,29H2,2-6H3/b23-8-,24-9-,25-20?,28-21+,44-10+,45-22+,48-30+. The lowest BCUT2D eigenvalue weighted by atomic mass is 9.95. The first-order valence-corrected chi connectivity index (χ1v) is 20.3. The Kier molecular flexibility index (Phi) is 14.1. The Morgan fingerprint density at radius 3 is 2.33 bits per heavy atom. The molecule has 1 aliphatic rings. The highest BCUT2D eigenvalue weighted by Crippen LogP contribution is 2.36. The molecule has 2 heteroatoms. The minimum absolute atomic E-state index is 0.235. The van der Waals surface area contributed by atoms with E-state index in [0.29, 0.717) is 0 Å². The van der Waals surface area contributed by atoms with Gasteiger partial charge in [-0.1, -0.05) is 159 Å². The van der Waals surface area contributed by atoms with Gasteiger partial charge in [0.2, 0.25) is 0 Å². The van der Waals surface area contributed by atoms with E-state index in [1.54, 1.807) is 0 Å². The van der Waals surface area contributed by atoms with Crippen molar-refractivity contribution >= 4 is 38.6 Å². The summed E-state index contributed by atoms with van der Waals surface area (Å²) in [6.45, 7) is 15.6. The number of likely N-dealkylation sites (N-methyl/N-ethyl adjacent to an activating group) is 1. The molecule has 286 valence electrons. The number of allylic oxidation sites excluding steroid dienone is 20. The zero-order valence-corrected chi connectivity index (χ0v) is 34.3. The number of nitrogens with zero attached hydrogens (tertiary/aromatic N) is 2. The van der Waals surface area contributed by atoms with Gasteiger partial charge in [0.1, 0.15) is 0 Å². The van der Waals surface area contributed by atoms with Crippen LogP contribution in [-0.2, 0) is 0 Å². The summed E-state index contributed by atoms with van der Waals surface area (Å²) < 4.78 is 2.39. The molecule has 1 atom stereocenters. The number of anilines is 1. The quantitative estimate of drug-likeness (QED) is 0.0765. The monoisotopic (exact) mass is 744 g/mol. The maximum atomic E-state index is 3.91. The molecule has 4 aromatic carbocycles. The molecule has 2 nitrogen and oxygen atoms in total. The van der Waals surface area contributed by atoms with Gasteiger partial charge >= 0.3 is 0 Å². The first kappa shape index (κ1) is 40.3. The Bertz CT molecular complexity index is 2490. The molecule has 1 aromatic heterocycles. The van der Waals surface area contributed by atoms with Gasteiger partial charge in [0.15, 0.2) is 0 Å². The number of fused-ring (bicyclic) bond motifs is 3. The Balaban J connectivity index is 1.24. The van der Waals surface area contributed by atoms with E-state index >= 15 is 0 Å². The number of hydrogen-bond donors (Lipinski definition) is 0. The molecule has 0 saturated heterocycles. The maximum absolute atomic E-state index is 3.91. The van der Waals surface area contributed by atoms with E-state index in [1.807, 2.05) is 13.0 Å². The van der Waals surface area contributed by atoms with Gasteiger partial charge in [-0.2, -0.15) is 0 Å². The molecule has 0 saturated carbocycles. The highest BCUT2D eigenvalue weighted by atomic mass is 15.1. The molecular weight excluding hydrogens is 689 g/mol. The molecule has 0 spiro atoms. The molecule has 0 fully saturated rings. The lowest BCUT2D eigenvalue weighted by Gasteiger charge is -2.28. The van der Waals surface area contributed by atoms with E-state index in [4.69, 9.17) is 0 Å². The van der Waals surface area contributed by atoms with Crippen LogP contribution in [0.3, 0.4) is 0 Å². The van der Waals surface area contributed by atoms with Gasteiger partial charge in [-0.15, -0.1) is 0 Å². The Morgan fingerprint density at radius 2 is 1.56 bits per heavy atom. The third kappa shape index (κ3) is 9.54. The van der Waals surface area contributed by atoms with Crippen LogP contribution in [0.4, 0.5) is 5.69 Å². The number of benzene rings is 4. The highest BCUT2D eigenvalue weighted by Gasteiger charge is 2.16. The topological polar surface area (TPSA) is 8.17 Å². The van der Waals surface area contributed by atoms with Crippen molar-refractivity contribution < 1.29 is 0 Å². The van der Waals surface area contributed by atoms with Crippen LogP contribution in [0.25, 0.3) is 38.6 Å². The van der Waals surface area contributed by atoms with Gasteiger partial charge in [-0.25, -0.2) is 0 Å². The number of aromatic nitrogens is 1. The van der Waals surface area contributed by atoms with Gasteiger partial charge in [0.05, 0.1) is 11.0 Å². The van der Waals surface area contributed by atoms with Crippen molar-refractivity contribution in [2.75, 3.05) is 11.4 Å². The predicted octanol–water partition coefficient (Wildman–Crippen LogP) is 15.4. The molecule has 0 bridgehead atoms. The van der Waals surface area contributed by atoms with Crippen LogP contribution in [0.2, 0.25) is 0 Å². The third-order valence-corrected chi connectivity index (χ3v) is 10.5. The van der Waals surface area contributed by atoms with Gasteiger partial charge in [-0.05, 0) is 122 Å². The molecule has 1 aliphatic carbocycles. The summed E-state index contributed by atoms with van der Waals surface area (Å²) in [6.07, 6.45) is 38.5. The van der Waals surface area contributed by atoms with Gasteiger partial charge in [0.25, 0.3) is 0 Å². The second-order valence-corrected chi connectivity index (χ2v) is 14.2. The summed E-state index contributed by atoms with van der Waals surface area (Å²) in [5.41, 5.74) is 13.5. The third-order valence-electron chi connectivity index (χ3n) is 10.5. The molecule has 0 radical (unpaired) electrons. The van der Waals surface area contributed by atoms with Crippen molar-refractivity contribution in [2.24, 2.45) is 0 Å². The lowest BCUT2D eigenvalue weighted by Crippen LogP contribution is -2.22. The van der Waals surface area contributed by atoms with Crippen LogP contribution in [0.5, 0.6) is 0 Å². The summed E-state index contributed by atoms with van der Waals surface area (Å²) in [4.78, 5) is 2.42. The van der Waals surface area contributed by atoms with Crippen molar-refractivity contribution in [2.45, 2.75) is 53.4 Å². The van der Waals surface area contributed by atoms with Crippen LogP contribution in [0.15, 0.2) is 212 Å². The van der Waals surface area contributed by atoms with Crippen molar-refractivity contribution in [3.63, 3.8) is 0 Å². The lowest BCUT2D eigenvalue weighted by molar-refractivity contribution is 0.914. The molecule has 0 aliphatic heterocycles. The van der Waals surface area contributed by atoms with E-state index in [9.17, 15) is 0 Å².